The van der Waals surface area contributed by atoms with E-state index in [0.717, 1.165) is 11.9 Å². The number of nitrogens with one attached hydrogen (secondary N) is 1. The van der Waals surface area contributed by atoms with Gasteiger partial charge in [-0.25, -0.2) is 13.4 Å². The van der Waals surface area contributed by atoms with Crippen LogP contribution in [0.2, 0.25) is 0 Å². The first kappa shape index (κ1) is 15.1. The maximum atomic E-state index is 12.0. The molecule has 1 amide bonds. The Balaban J connectivity index is 2.24. The summed E-state index contributed by atoms with van der Waals surface area (Å²) >= 11 is 0. The van der Waals surface area contributed by atoms with Crippen molar-refractivity contribution in [3.05, 3.63) is 47.5 Å². The Bertz CT molecular complexity index is 784. The van der Waals surface area contributed by atoms with E-state index in [1.54, 1.807) is 19.9 Å². The van der Waals surface area contributed by atoms with Crippen LogP contribution in [0.1, 0.15) is 21.7 Å². The number of carbonyl (C=O) groups excluding carboxylic acids is 1. The molecule has 7 heteroatoms. The molecular weight excluding hydrogens is 290 g/mol. The Morgan fingerprint density at radius 3 is 2.38 bits per heavy atom. The number of amides is 1. The number of aromatic nitrogens is 2. The third-order valence-corrected chi connectivity index (χ3v) is 4.00. The van der Waals surface area contributed by atoms with Gasteiger partial charge in [0.1, 0.15) is 5.69 Å². The zero-order chi connectivity index (χ0) is 15.6. The van der Waals surface area contributed by atoms with Crippen LogP contribution in [0, 0.1) is 13.8 Å². The van der Waals surface area contributed by atoms with Crippen LogP contribution >= 0.6 is 0 Å². The van der Waals surface area contributed by atoms with Crippen molar-refractivity contribution in [2.45, 2.75) is 18.7 Å². The first-order valence-electron chi connectivity index (χ1n) is 6.18. The first-order chi connectivity index (χ1) is 9.77. The van der Waals surface area contributed by atoms with Crippen molar-refractivity contribution < 1.29 is 13.2 Å². The summed E-state index contributed by atoms with van der Waals surface area (Å²) in [5, 5.41) is 2.69. The Morgan fingerprint density at radius 2 is 1.86 bits per heavy atom. The summed E-state index contributed by atoms with van der Waals surface area (Å²) in [7, 11) is -3.26. The second-order valence-electron chi connectivity index (χ2n) is 4.75. The minimum atomic E-state index is -3.26. The zero-order valence-corrected chi connectivity index (χ0v) is 12.7. The third-order valence-electron chi connectivity index (χ3n) is 2.89. The largest absolute Gasteiger partial charge is 0.320 e. The van der Waals surface area contributed by atoms with Crippen molar-refractivity contribution in [2.24, 2.45) is 0 Å². The van der Waals surface area contributed by atoms with Gasteiger partial charge in [0, 0.05) is 18.1 Å². The lowest BCUT2D eigenvalue weighted by Gasteiger charge is -2.09. The van der Waals surface area contributed by atoms with Crippen LogP contribution in [0.4, 0.5) is 5.69 Å². The molecule has 110 valence electrons. The highest BCUT2D eigenvalue weighted by Crippen LogP contribution is 2.20. The number of hydrogen-bond acceptors (Lipinski definition) is 5. The number of benzene rings is 1. The van der Waals surface area contributed by atoms with E-state index in [0.29, 0.717) is 11.3 Å². The number of carbonyl (C=O) groups is 1. The van der Waals surface area contributed by atoms with Crippen LogP contribution in [0.15, 0.2) is 35.5 Å². The molecular formula is C14H15N3O3S. The molecule has 1 aromatic heterocycles. The molecule has 0 saturated carbocycles. The Morgan fingerprint density at radius 1 is 1.14 bits per heavy atom. The number of aryl methyl sites for hydroxylation is 2. The molecule has 2 rings (SSSR count). The van der Waals surface area contributed by atoms with Crippen molar-refractivity contribution >= 4 is 21.4 Å². The fourth-order valence-corrected chi connectivity index (χ4v) is 2.41. The predicted molar refractivity (Wildman–Crippen MR) is 79.0 cm³/mol. The molecule has 21 heavy (non-hydrogen) atoms. The van der Waals surface area contributed by atoms with Gasteiger partial charge in [-0.1, -0.05) is 0 Å². The molecule has 0 unspecified atom stereocenters. The van der Waals surface area contributed by atoms with E-state index in [4.69, 9.17) is 0 Å². The van der Waals surface area contributed by atoms with E-state index in [1.165, 1.54) is 24.5 Å². The minimum absolute atomic E-state index is 0.201. The summed E-state index contributed by atoms with van der Waals surface area (Å²) < 4.78 is 22.9. The number of sulfone groups is 1. The van der Waals surface area contributed by atoms with Crippen LogP contribution in [-0.4, -0.2) is 30.5 Å². The fraction of sp³-hybridized carbons (Fsp3) is 0.214. The van der Waals surface area contributed by atoms with Gasteiger partial charge in [0.25, 0.3) is 5.91 Å². The van der Waals surface area contributed by atoms with Gasteiger partial charge in [0.15, 0.2) is 9.84 Å². The summed E-state index contributed by atoms with van der Waals surface area (Å²) in [6, 6.07) is 4.54. The van der Waals surface area contributed by atoms with Crippen LogP contribution < -0.4 is 5.32 Å². The van der Waals surface area contributed by atoms with Crippen molar-refractivity contribution in [3.63, 3.8) is 0 Å². The van der Waals surface area contributed by atoms with Crippen LogP contribution in [0.25, 0.3) is 0 Å². The smallest absolute Gasteiger partial charge is 0.275 e. The van der Waals surface area contributed by atoms with Crippen LogP contribution in [-0.2, 0) is 9.84 Å². The molecule has 0 bridgehead atoms. The molecule has 1 N–H and O–H groups in total. The molecule has 1 aromatic carbocycles. The molecule has 0 saturated heterocycles. The summed E-state index contributed by atoms with van der Waals surface area (Å²) in [6.07, 6.45) is 4.04. The van der Waals surface area contributed by atoms with E-state index in [2.05, 4.69) is 15.3 Å². The van der Waals surface area contributed by atoms with E-state index in [-0.39, 0.29) is 10.6 Å². The maximum absolute atomic E-state index is 12.0. The Labute approximate surface area is 123 Å². The molecule has 6 nitrogen and oxygen atoms in total. The highest BCUT2D eigenvalue weighted by molar-refractivity contribution is 7.90. The molecule has 0 spiro atoms. The second kappa shape index (κ2) is 5.61. The number of nitrogens with zero attached hydrogens (tertiary/aromatic N) is 2. The standard InChI is InChI=1S/C14H15N3O3S/c1-9-6-11(21(3,19)20)4-5-12(9)17-14(18)13-8-15-10(2)7-16-13/h4-8H,1-3H3,(H,17,18). The normalized spacial score (nSPS) is 11.2. The molecule has 0 radical (unpaired) electrons. The number of anilines is 1. The minimum Gasteiger partial charge on any atom is -0.320 e. The summed E-state index contributed by atoms with van der Waals surface area (Å²) in [4.78, 5) is 20.2. The molecule has 0 aliphatic carbocycles. The average Bonchev–Trinajstić information content (AvgIpc) is 2.40. The zero-order valence-electron chi connectivity index (χ0n) is 11.9. The van der Waals surface area contributed by atoms with Gasteiger partial charge >= 0.3 is 0 Å². The predicted octanol–water partition coefficient (Wildman–Crippen LogP) is 1.75. The molecule has 0 fully saturated rings. The fourth-order valence-electron chi connectivity index (χ4n) is 1.70. The van der Waals surface area contributed by atoms with Gasteiger partial charge < -0.3 is 5.32 Å². The molecule has 1 heterocycles. The highest BCUT2D eigenvalue weighted by Gasteiger charge is 2.12. The number of rotatable bonds is 3. The Hall–Kier alpha value is -2.28. The summed E-state index contributed by atoms with van der Waals surface area (Å²) in [5.41, 5.74) is 2.12. The molecule has 0 atom stereocenters. The van der Waals surface area contributed by atoms with Gasteiger partial charge in [0.2, 0.25) is 0 Å². The number of hydrogen-bond donors (Lipinski definition) is 1. The lowest BCUT2D eigenvalue weighted by Crippen LogP contribution is -2.15. The van der Waals surface area contributed by atoms with Gasteiger partial charge in [-0.2, -0.15) is 0 Å². The quantitative estimate of drug-likeness (QED) is 0.933. The van der Waals surface area contributed by atoms with Gasteiger partial charge in [-0.15, -0.1) is 0 Å². The van der Waals surface area contributed by atoms with Crippen LogP contribution in [0.3, 0.4) is 0 Å². The maximum Gasteiger partial charge on any atom is 0.275 e. The Kier molecular flexibility index (Phi) is 4.04. The third kappa shape index (κ3) is 3.63. The average molecular weight is 305 g/mol. The summed E-state index contributed by atoms with van der Waals surface area (Å²) in [6.45, 7) is 3.51. The molecule has 0 aliphatic rings. The SMILES string of the molecule is Cc1cnc(C(=O)Nc2ccc(S(C)(=O)=O)cc2C)cn1. The van der Waals surface area contributed by atoms with E-state index in [1.807, 2.05) is 0 Å². The van der Waals surface area contributed by atoms with E-state index in [9.17, 15) is 13.2 Å². The summed E-state index contributed by atoms with van der Waals surface area (Å²) in [5.74, 6) is -0.391. The van der Waals surface area contributed by atoms with Crippen molar-refractivity contribution in [3.8, 4) is 0 Å². The van der Waals surface area contributed by atoms with Gasteiger partial charge in [0.05, 0.1) is 16.8 Å². The van der Waals surface area contributed by atoms with Crippen molar-refractivity contribution in [1.29, 1.82) is 0 Å². The van der Waals surface area contributed by atoms with Gasteiger partial charge in [-0.05, 0) is 37.6 Å². The monoisotopic (exact) mass is 305 g/mol. The molecule has 0 aliphatic heterocycles. The van der Waals surface area contributed by atoms with Crippen LogP contribution in [0.5, 0.6) is 0 Å². The lowest BCUT2D eigenvalue weighted by atomic mass is 10.2. The first-order valence-corrected chi connectivity index (χ1v) is 8.07. The van der Waals surface area contributed by atoms with Crippen molar-refractivity contribution in [2.75, 3.05) is 11.6 Å². The topological polar surface area (TPSA) is 89.0 Å². The van der Waals surface area contributed by atoms with Gasteiger partial charge in [-0.3, -0.25) is 9.78 Å². The lowest BCUT2D eigenvalue weighted by molar-refractivity contribution is 0.102. The highest BCUT2D eigenvalue weighted by atomic mass is 32.2. The second-order valence-corrected chi connectivity index (χ2v) is 6.76. The van der Waals surface area contributed by atoms with E-state index < -0.39 is 15.7 Å². The molecule has 2 aromatic rings. The van der Waals surface area contributed by atoms with E-state index >= 15 is 0 Å². The van der Waals surface area contributed by atoms with Crippen molar-refractivity contribution in [1.82, 2.24) is 9.97 Å².